The predicted molar refractivity (Wildman–Crippen MR) is 75.9 cm³/mol. The summed E-state index contributed by atoms with van der Waals surface area (Å²) in [6.45, 7) is 1.77. The summed E-state index contributed by atoms with van der Waals surface area (Å²) in [6.07, 6.45) is 0. The number of aryl methyl sites for hydroxylation is 2. The summed E-state index contributed by atoms with van der Waals surface area (Å²) in [4.78, 5) is 23.4. The average Bonchev–Trinajstić information content (AvgIpc) is 2.78. The number of carboxylic acids is 1. The summed E-state index contributed by atoms with van der Waals surface area (Å²) in [6, 6.07) is 6.05. The lowest BCUT2D eigenvalue weighted by Crippen LogP contribution is -2.18. The van der Waals surface area contributed by atoms with E-state index in [4.69, 9.17) is 4.74 Å². The molecular formula is C14H15N3O4. The number of benzene rings is 1. The number of carbonyl (C=O) groups excluding carboxylic acids is 1. The van der Waals surface area contributed by atoms with E-state index in [1.807, 2.05) is 0 Å². The number of aromatic nitrogens is 2. The van der Waals surface area contributed by atoms with Crippen LogP contribution in [0.1, 0.15) is 26.5 Å². The van der Waals surface area contributed by atoms with Crippen molar-refractivity contribution in [1.82, 2.24) is 9.78 Å². The van der Waals surface area contributed by atoms with Crippen LogP contribution < -0.4 is 10.1 Å². The lowest BCUT2D eigenvalue weighted by atomic mass is 10.1. The van der Waals surface area contributed by atoms with Crippen LogP contribution in [-0.2, 0) is 7.05 Å². The van der Waals surface area contributed by atoms with E-state index < -0.39 is 11.9 Å². The smallest absolute Gasteiger partial charge is 0.337 e. The molecule has 0 bridgehead atoms. The lowest BCUT2D eigenvalue weighted by Gasteiger charge is -2.10. The van der Waals surface area contributed by atoms with Crippen molar-refractivity contribution in [2.24, 2.45) is 7.05 Å². The first-order valence-corrected chi connectivity index (χ1v) is 6.15. The molecule has 0 spiro atoms. The molecule has 1 heterocycles. The molecule has 0 saturated heterocycles. The molecule has 1 aromatic heterocycles. The molecule has 1 aromatic carbocycles. The van der Waals surface area contributed by atoms with E-state index in [9.17, 15) is 14.7 Å². The summed E-state index contributed by atoms with van der Waals surface area (Å²) < 4.78 is 6.42. The fourth-order valence-electron chi connectivity index (χ4n) is 1.95. The van der Waals surface area contributed by atoms with E-state index in [2.05, 4.69) is 10.4 Å². The van der Waals surface area contributed by atoms with Crippen molar-refractivity contribution in [2.75, 3.05) is 12.4 Å². The molecule has 0 saturated carbocycles. The molecule has 0 fully saturated rings. The highest BCUT2D eigenvalue weighted by Crippen LogP contribution is 2.22. The van der Waals surface area contributed by atoms with E-state index in [-0.39, 0.29) is 11.3 Å². The standard InChI is InChI=1S/C14H15N3O4/c1-8-6-12(17(2)16-8)13(18)15-11-5-4-9(21-3)7-10(11)14(19)20/h4-7H,1-3H3,(H,15,18)(H,19,20). The molecule has 110 valence electrons. The maximum Gasteiger partial charge on any atom is 0.337 e. The number of nitrogens with one attached hydrogen (secondary N) is 1. The maximum atomic E-state index is 12.2. The molecule has 0 aliphatic carbocycles. The number of nitrogens with zero attached hydrogens (tertiary/aromatic N) is 2. The van der Waals surface area contributed by atoms with Crippen molar-refractivity contribution in [3.05, 3.63) is 41.2 Å². The third-order valence-electron chi connectivity index (χ3n) is 2.94. The quantitative estimate of drug-likeness (QED) is 0.893. The fourth-order valence-corrected chi connectivity index (χ4v) is 1.95. The Balaban J connectivity index is 2.33. The highest BCUT2D eigenvalue weighted by molar-refractivity contribution is 6.07. The van der Waals surface area contributed by atoms with Crippen LogP contribution in [0.3, 0.4) is 0 Å². The van der Waals surface area contributed by atoms with Gasteiger partial charge in [-0.1, -0.05) is 0 Å². The zero-order chi connectivity index (χ0) is 15.6. The van der Waals surface area contributed by atoms with E-state index in [1.54, 1.807) is 26.1 Å². The Morgan fingerprint density at radius 3 is 2.57 bits per heavy atom. The second-order valence-electron chi connectivity index (χ2n) is 4.47. The average molecular weight is 289 g/mol. The molecular weight excluding hydrogens is 274 g/mol. The number of hydrogen-bond donors (Lipinski definition) is 2. The fraction of sp³-hybridized carbons (Fsp3) is 0.214. The predicted octanol–water partition coefficient (Wildman–Crippen LogP) is 1.69. The number of hydrogen-bond acceptors (Lipinski definition) is 4. The Bertz CT molecular complexity index is 706. The Morgan fingerprint density at radius 2 is 2.05 bits per heavy atom. The van der Waals surface area contributed by atoms with Gasteiger partial charge in [0.25, 0.3) is 5.91 Å². The van der Waals surface area contributed by atoms with Gasteiger partial charge >= 0.3 is 5.97 Å². The summed E-state index contributed by atoms with van der Waals surface area (Å²) in [7, 11) is 3.09. The summed E-state index contributed by atoms with van der Waals surface area (Å²) >= 11 is 0. The minimum atomic E-state index is -1.15. The third-order valence-corrected chi connectivity index (χ3v) is 2.94. The van der Waals surface area contributed by atoms with Crippen molar-refractivity contribution in [3.8, 4) is 5.75 Å². The number of ether oxygens (including phenoxy) is 1. The van der Waals surface area contributed by atoms with E-state index in [1.165, 1.54) is 23.9 Å². The van der Waals surface area contributed by atoms with Gasteiger partial charge in [0.15, 0.2) is 0 Å². The Kier molecular flexibility index (Phi) is 3.93. The van der Waals surface area contributed by atoms with Gasteiger partial charge in [-0.2, -0.15) is 5.10 Å². The van der Waals surface area contributed by atoms with Crippen molar-refractivity contribution in [1.29, 1.82) is 0 Å². The molecule has 0 aliphatic heterocycles. The van der Waals surface area contributed by atoms with Crippen LogP contribution in [0.4, 0.5) is 5.69 Å². The molecule has 2 N–H and O–H groups in total. The first kappa shape index (κ1) is 14.6. The van der Waals surface area contributed by atoms with Gasteiger partial charge in [-0.15, -0.1) is 0 Å². The number of aromatic carboxylic acids is 1. The van der Waals surface area contributed by atoms with Gasteiger partial charge in [0, 0.05) is 7.05 Å². The zero-order valence-corrected chi connectivity index (χ0v) is 11.9. The van der Waals surface area contributed by atoms with Crippen LogP contribution in [0.15, 0.2) is 24.3 Å². The Labute approximate surface area is 121 Å². The lowest BCUT2D eigenvalue weighted by molar-refractivity contribution is 0.0697. The van der Waals surface area contributed by atoms with Crippen LogP contribution in [0.2, 0.25) is 0 Å². The van der Waals surface area contributed by atoms with E-state index in [0.29, 0.717) is 17.1 Å². The summed E-state index contributed by atoms with van der Waals surface area (Å²) in [5, 5.41) is 15.9. The molecule has 0 radical (unpaired) electrons. The van der Waals surface area contributed by atoms with Crippen LogP contribution in [0, 0.1) is 6.92 Å². The minimum absolute atomic E-state index is 0.0402. The van der Waals surface area contributed by atoms with Gasteiger partial charge < -0.3 is 15.2 Å². The number of rotatable bonds is 4. The Hall–Kier alpha value is -2.83. The Morgan fingerprint density at radius 1 is 1.33 bits per heavy atom. The first-order valence-electron chi connectivity index (χ1n) is 6.15. The van der Waals surface area contributed by atoms with Gasteiger partial charge in [-0.25, -0.2) is 4.79 Å². The van der Waals surface area contributed by atoms with Gasteiger partial charge in [0.05, 0.1) is 24.1 Å². The van der Waals surface area contributed by atoms with Crippen LogP contribution in [-0.4, -0.2) is 33.9 Å². The highest BCUT2D eigenvalue weighted by atomic mass is 16.5. The van der Waals surface area contributed by atoms with Crippen LogP contribution in [0.5, 0.6) is 5.75 Å². The monoisotopic (exact) mass is 289 g/mol. The summed E-state index contributed by atoms with van der Waals surface area (Å²) in [5.74, 6) is -1.17. The van der Waals surface area contributed by atoms with Gasteiger partial charge in [-0.05, 0) is 31.2 Å². The second kappa shape index (κ2) is 5.66. The number of carboxylic acid groups (broad SMARTS) is 1. The SMILES string of the molecule is COc1ccc(NC(=O)c2cc(C)nn2C)c(C(=O)O)c1. The topological polar surface area (TPSA) is 93.5 Å². The minimum Gasteiger partial charge on any atom is -0.497 e. The van der Waals surface area contributed by atoms with Gasteiger partial charge in [0.1, 0.15) is 11.4 Å². The molecule has 0 atom stereocenters. The molecule has 2 rings (SSSR count). The molecule has 1 amide bonds. The highest BCUT2D eigenvalue weighted by Gasteiger charge is 2.17. The number of methoxy groups -OCH3 is 1. The molecule has 2 aromatic rings. The number of carbonyl (C=O) groups is 2. The number of anilines is 1. The van der Waals surface area contributed by atoms with E-state index in [0.717, 1.165) is 0 Å². The largest absolute Gasteiger partial charge is 0.497 e. The summed E-state index contributed by atoms with van der Waals surface area (Å²) in [5.41, 5.74) is 1.21. The molecule has 0 aliphatic rings. The maximum absolute atomic E-state index is 12.2. The van der Waals surface area contributed by atoms with Crippen LogP contribution in [0.25, 0.3) is 0 Å². The molecule has 0 unspecified atom stereocenters. The molecule has 21 heavy (non-hydrogen) atoms. The molecule has 7 heteroatoms. The zero-order valence-electron chi connectivity index (χ0n) is 11.9. The van der Waals surface area contributed by atoms with Gasteiger partial charge in [-0.3, -0.25) is 9.48 Å². The normalized spacial score (nSPS) is 10.2. The number of amides is 1. The second-order valence-corrected chi connectivity index (χ2v) is 4.47. The van der Waals surface area contributed by atoms with Crippen molar-refractivity contribution < 1.29 is 19.4 Å². The van der Waals surface area contributed by atoms with Gasteiger partial charge in [0.2, 0.25) is 0 Å². The van der Waals surface area contributed by atoms with E-state index >= 15 is 0 Å². The van der Waals surface area contributed by atoms with Crippen LogP contribution >= 0.6 is 0 Å². The van der Waals surface area contributed by atoms with Crippen molar-refractivity contribution in [3.63, 3.8) is 0 Å². The van der Waals surface area contributed by atoms with Crippen molar-refractivity contribution in [2.45, 2.75) is 6.92 Å². The third kappa shape index (κ3) is 3.02. The first-order chi connectivity index (χ1) is 9.92. The molecule has 7 nitrogen and oxygen atoms in total. The van der Waals surface area contributed by atoms with Crippen molar-refractivity contribution >= 4 is 17.6 Å².